The van der Waals surface area contributed by atoms with Gasteiger partial charge in [0.2, 0.25) is 11.8 Å². The second-order valence-electron chi connectivity index (χ2n) is 5.29. The molecule has 0 atom stereocenters. The first-order valence-electron chi connectivity index (χ1n) is 7.20. The molecule has 0 radical (unpaired) electrons. The summed E-state index contributed by atoms with van der Waals surface area (Å²) in [6.07, 6.45) is 0.409. The zero-order valence-electron chi connectivity index (χ0n) is 12.1. The molecule has 7 heteroatoms. The normalized spacial score (nSPS) is 18.9. The minimum absolute atomic E-state index is 0.204. The summed E-state index contributed by atoms with van der Waals surface area (Å²) < 4.78 is 5.30. The van der Waals surface area contributed by atoms with Gasteiger partial charge in [-0.3, -0.25) is 19.3 Å². The van der Waals surface area contributed by atoms with Gasteiger partial charge in [-0.1, -0.05) is 0 Å². The lowest BCUT2D eigenvalue weighted by Crippen LogP contribution is -2.37. The van der Waals surface area contributed by atoms with Crippen LogP contribution in [0.25, 0.3) is 0 Å². The Bertz CT molecular complexity index is 622. The summed E-state index contributed by atoms with van der Waals surface area (Å²) in [5.41, 5.74) is 6.89. The maximum atomic E-state index is 11.8. The fourth-order valence-corrected chi connectivity index (χ4v) is 2.81. The monoisotopic (exact) mass is 303 g/mol. The minimum Gasteiger partial charge on any atom is -0.378 e. The van der Waals surface area contributed by atoms with Gasteiger partial charge in [-0.2, -0.15) is 0 Å². The summed E-state index contributed by atoms with van der Waals surface area (Å²) >= 11 is 0. The van der Waals surface area contributed by atoms with Gasteiger partial charge in [-0.25, -0.2) is 0 Å². The molecule has 2 saturated heterocycles. The Labute approximate surface area is 127 Å². The minimum atomic E-state index is -0.581. The molecule has 2 N–H and O–H groups in total. The van der Waals surface area contributed by atoms with Crippen molar-refractivity contribution in [2.45, 2.75) is 12.8 Å². The third-order valence-corrected chi connectivity index (χ3v) is 3.91. The third kappa shape index (κ3) is 2.55. The molecule has 0 spiro atoms. The molecule has 0 aliphatic carbocycles. The van der Waals surface area contributed by atoms with Gasteiger partial charge in [0.25, 0.3) is 5.91 Å². The van der Waals surface area contributed by atoms with E-state index >= 15 is 0 Å². The molecule has 2 aliphatic heterocycles. The predicted octanol–water partition coefficient (Wildman–Crippen LogP) is 0.275. The van der Waals surface area contributed by atoms with Gasteiger partial charge in [0.05, 0.1) is 24.5 Å². The van der Waals surface area contributed by atoms with Crippen LogP contribution < -0.4 is 15.5 Å². The Morgan fingerprint density at radius 2 is 1.73 bits per heavy atom. The van der Waals surface area contributed by atoms with Crippen LogP contribution in [-0.4, -0.2) is 44.0 Å². The lowest BCUT2D eigenvalue weighted by Gasteiger charge is -2.30. The van der Waals surface area contributed by atoms with Crippen LogP contribution in [0.1, 0.15) is 23.2 Å². The number of morpholine rings is 1. The lowest BCUT2D eigenvalue weighted by molar-refractivity contribution is -0.121. The summed E-state index contributed by atoms with van der Waals surface area (Å²) in [4.78, 5) is 38.5. The van der Waals surface area contributed by atoms with Crippen LogP contribution in [0.4, 0.5) is 11.4 Å². The van der Waals surface area contributed by atoms with Crippen LogP contribution in [0.2, 0.25) is 0 Å². The number of nitrogens with zero attached hydrogens (tertiary/aromatic N) is 2. The van der Waals surface area contributed by atoms with E-state index in [-0.39, 0.29) is 24.7 Å². The number of primary amides is 1. The molecule has 1 aromatic rings. The number of carbonyl (C=O) groups excluding carboxylic acids is 3. The second-order valence-corrected chi connectivity index (χ2v) is 5.29. The van der Waals surface area contributed by atoms with Crippen molar-refractivity contribution in [3.05, 3.63) is 23.8 Å². The highest BCUT2D eigenvalue weighted by atomic mass is 16.5. The van der Waals surface area contributed by atoms with Crippen molar-refractivity contribution in [1.82, 2.24) is 0 Å². The summed E-state index contributed by atoms with van der Waals surface area (Å²) in [5.74, 6) is -1.08. The average Bonchev–Trinajstić information content (AvgIpc) is 2.86. The fraction of sp³-hybridized carbons (Fsp3) is 0.400. The van der Waals surface area contributed by atoms with Crippen molar-refractivity contribution >= 4 is 29.1 Å². The Hall–Kier alpha value is -2.41. The maximum Gasteiger partial charge on any atom is 0.250 e. The van der Waals surface area contributed by atoms with Crippen molar-refractivity contribution in [3.8, 4) is 0 Å². The SMILES string of the molecule is NC(=O)c1cc(N2C(=O)CCC2=O)ccc1N1CCOCC1. The molecule has 0 aromatic heterocycles. The van der Waals surface area contributed by atoms with E-state index in [1.54, 1.807) is 12.1 Å². The molecule has 2 aliphatic rings. The molecule has 0 unspecified atom stereocenters. The molecule has 0 bridgehead atoms. The predicted molar refractivity (Wildman–Crippen MR) is 79.7 cm³/mol. The van der Waals surface area contributed by atoms with Crippen LogP contribution in [0, 0.1) is 0 Å². The van der Waals surface area contributed by atoms with E-state index in [2.05, 4.69) is 0 Å². The third-order valence-electron chi connectivity index (χ3n) is 3.91. The molecule has 1 aromatic carbocycles. The quantitative estimate of drug-likeness (QED) is 0.809. The van der Waals surface area contributed by atoms with E-state index < -0.39 is 5.91 Å². The number of rotatable bonds is 3. The number of anilines is 2. The van der Waals surface area contributed by atoms with Crippen molar-refractivity contribution in [2.75, 3.05) is 36.1 Å². The highest BCUT2D eigenvalue weighted by Gasteiger charge is 2.31. The highest BCUT2D eigenvalue weighted by Crippen LogP contribution is 2.29. The average molecular weight is 303 g/mol. The number of hydrogen-bond acceptors (Lipinski definition) is 5. The standard InChI is InChI=1S/C15H17N3O4/c16-15(21)11-9-10(18-13(19)3-4-14(18)20)1-2-12(11)17-5-7-22-8-6-17/h1-2,9H,3-8H2,(H2,16,21). The number of imide groups is 1. The molecule has 2 fully saturated rings. The van der Waals surface area contributed by atoms with Crippen LogP contribution in [0.3, 0.4) is 0 Å². The molecule has 3 amide bonds. The summed E-state index contributed by atoms with van der Waals surface area (Å²) in [7, 11) is 0. The second kappa shape index (κ2) is 5.76. The fourth-order valence-electron chi connectivity index (χ4n) is 2.81. The largest absolute Gasteiger partial charge is 0.378 e. The molecular formula is C15H17N3O4. The van der Waals surface area contributed by atoms with E-state index in [9.17, 15) is 14.4 Å². The van der Waals surface area contributed by atoms with Crippen molar-refractivity contribution in [1.29, 1.82) is 0 Å². The number of carbonyl (C=O) groups is 3. The number of benzene rings is 1. The molecule has 7 nitrogen and oxygen atoms in total. The van der Waals surface area contributed by atoms with Crippen LogP contribution in [0.5, 0.6) is 0 Å². The zero-order chi connectivity index (χ0) is 15.7. The maximum absolute atomic E-state index is 11.8. The van der Waals surface area contributed by atoms with Crippen LogP contribution in [-0.2, 0) is 14.3 Å². The zero-order valence-corrected chi connectivity index (χ0v) is 12.1. The van der Waals surface area contributed by atoms with Gasteiger partial charge in [0.15, 0.2) is 0 Å². The van der Waals surface area contributed by atoms with Gasteiger partial charge in [0, 0.05) is 31.6 Å². The lowest BCUT2D eigenvalue weighted by atomic mass is 10.1. The first-order chi connectivity index (χ1) is 10.6. The van der Waals surface area contributed by atoms with Gasteiger partial charge in [-0.15, -0.1) is 0 Å². The highest BCUT2D eigenvalue weighted by molar-refractivity contribution is 6.20. The van der Waals surface area contributed by atoms with Gasteiger partial charge in [-0.05, 0) is 18.2 Å². The van der Waals surface area contributed by atoms with E-state index in [1.165, 1.54) is 6.07 Å². The molecular weight excluding hydrogens is 286 g/mol. The first kappa shape index (κ1) is 14.5. The molecule has 3 rings (SSSR count). The number of hydrogen-bond donors (Lipinski definition) is 1. The molecule has 22 heavy (non-hydrogen) atoms. The Morgan fingerprint density at radius 3 is 2.32 bits per heavy atom. The number of nitrogens with two attached hydrogens (primary N) is 1. The van der Waals surface area contributed by atoms with Crippen LogP contribution >= 0.6 is 0 Å². The molecule has 116 valence electrons. The van der Waals surface area contributed by atoms with E-state index in [0.717, 1.165) is 4.90 Å². The number of amides is 3. The molecule has 2 heterocycles. The van der Waals surface area contributed by atoms with Crippen molar-refractivity contribution in [3.63, 3.8) is 0 Å². The van der Waals surface area contributed by atoms with E-state index in [1.807, 2.05) is 4.90 Å². The summed E-state index contributed by atoms with van der Waals surface area (Å²) in [6, 6.07) is 4.94. The summed E-state index contributed by atoms with van der Waals surface area (Å²) in [6.45, 7) is 2.51. The van der Waals surface area contributed by atoms with Crippen molar-refractivity contribution < 1.29 is 19.1 Å². The van der Waals surface area contributed by atoms with Crippen molar-refractivity contribution in [2.24, 2.45) is 5.73 Å². The molecule has 0 saturated carbocycles. The number of ether oxygens (including phenoxy) is 1. The Morgan fingerprint density at radius 1 is 1.09 bits per heavy atom. The van der Waals surface area contributed by atoms with E-state index in [0.29, 0.717) is 43.2 Å². The van der Waals surface area contributed by atoms with Gasteiger partial charge >= 0.3 is 0 Å². The topological polar surface area (TPSA) is 92.9 Å². The smallest absolute Gasteiger partial charge is 0.250 e. The van der Waals surface area contributed by atoms with Gasteiger partial charge < -0.3 is 15.4 Å². The Kier molecular flexibility index (Phi) is 3.81. The van der Waals surface area contributed by atoms with Gasteiger partial charge in [0.1, 0.15) is 0 Å². The first-order valence-corrected chi connectivity index (χ1v) is 7.20. The Balaban J connectivity index is 1.98. The van der Waals surface area contributed by atoms with Crippen LogP contribution in [0.15, 0.2) is 18.2 Å². The summed E-state index contributed by atoms with van der Waals surface area (Å²) in [5, 5.41) is 0. The van der Waals surface area contributed by atoms with E-state index in [4.69, 9.17) is 10.5 Å².